The molecule has 0 saturated carbocycles. The third-order valence-electron chi connectivity index (χ3n) is 0.898. The van der Waals surface area contributed by atoms with E-state index in [9.17, 15) is 4.79 Å². The lowest BCUT2D eigenvalue weighted by Gasteiger charge is -1.91. The molecule has 0 radical (unpaired) electrons. The molecule has 0 atom stereocenters. The van der Waals surface area contributed by atoms with Gasteiger partial charge in [0.15, 0.2) is 6.29 Å². The molecular weight excluding hydrogens is 116 g/mol. The molecule has 0 aromatic carbocycles. The Balaban J connectivity index is 3.66. The van der Waals surface area contributed by atoms with Crippen molar-refractivity contribution in [3.63, 3.8) is 0 Å². The van der Waals surface area contributed by atoms with E-state index in [0.29, 0.717) is 25.2 Å². The molecule has 2 N–H and O–H groups in total. The Labute approximate surface area is 55.0 Å². The van der Waals surface area contributed by atoms with Crippen LogP contribution in [0.3, 0.4) is 0 Å². The molecule has 0 aliphatic rings. The van der Waals surface area contributed by atoms with Crippen LogP contribution in [0.25, 0.3) is 0 Å². The highest BCUT2D eigenvalue weighted by Gasteiger charge is 1.91. The normalized spacial score (nSPS) is 11.6. The Morgan fingerprint density at radius 1 is 1.78 bits per heavy atom. The first kappa shape index (κ1) is 8.30. The van der Waals surface area contributed by atoms with Crippen LogP contribution < -0.4 is 5.73 Å². The second-order valence-corrected chi connectivity index (χ2v) is 1.62. The van der Waals surface area contributed by atoms with Crippen LogP contribution in [0.1, 0.15) is 13.3 Å². The summed E-state index contributed by atoms with van der Waals surface area (Å²) < 4.78 is 0. The SMILES string of the molecule is CCN=C(C=O)CCN. The maximum atomic E-state index is 10.1. The van der Waals surface area contributed by atoms with Gasteiger partial charge >= 0.3 is 0 Å². The minimum absolute atomic E-state index is 0.498. The summed E-state index contributed by atoms with van der Waals surface area (Å²) in [6.07, 6.45) is 1.35. The average Bonchev–Trinajstić information content (AvgIpc) is 1.88. The summed E-state index contributed by atoms with van der Waals surface area (Å²) in [5.41, 5.74) is 5.76. The van der Waals surface area contributed by atoms with Crippen LogP contribution in [-0.2, 0) is 4.79 Å². The summed E-state index contributed by atoms with van der Waals surface area (Å²) in [6, 6.07) is 0. The molecule has 3 heteroatoms. The minimum Gasteiger partial charge on any atom is -0.330 e. The van der Waals surface area contributed by atoms with Crippen LogP contribution in [0.15, 0.2) is 4.99 Å². The Bertz CT molecular complexity index is 110. The van der Waals surface area contributed by atoms with Gasteiger partial charge in [0.2, 0.25) is 0 Å². The van der Waals surface area contributed by atoms with Gasteiger partial charge in [-0.2, -0.15) is 0 Å². The molecule has 0 heterocycles. The Kier molecular flexibility index (Phi) is 5.01. The molecule has 3 nitrogen and oxygen atoms in total. The first-order valence-electron chi connectivity index (χ1n) is 3.03. The number of aliphatic imine (C=N–C) groups is 1. The first-order chi connectivity index (χ1) is 4.35. The van der Waals surface area contributed by atoms with Crippen molar-refractivity contribution in [2.75, 3.05) is 13.1 Å². The van der Waals surface area contributed by atoms with Gasteiger partial charge in [0, 0.05) is 13.0 Å². The zero-order valence-corrected chi connectivity index (χ0v) is 5.63. The van der Waals surface area contributed by atoms with Gasteiger partial charge in [0.05, 0.1) is 5.71 Å². The molecule has 0 bridgehead atoms. The van der Waals surface area contributed by atoms with Crippen molar-refractivity contribution in [2.24, 2.45) is 10.7 Å². The van der Waals surface area contributed by atoms with Crippen LogP contribution in [-0.4, -0.2) is 25.1 Å². The van der Waals surface area contributed by atoms with Crippen LogP contribution in [0.5, 0.6) is 0 Å². The summed E-state index contributed by atoms with van der Waals surface area (Å²) in [4.78, 5) is 14.0. The van der Waals surface area contributed by atoms with E-state index in [0.717, 1.165) is 6.29 Å². The summed E-state index contributed by atoms with van der Waals surface area (Å²) >= 11 is 0. The number of rotatable bonds is 4. The molecular formula is C6H12N2O. The minimum atomic E-state index is 0.498. The highest BCUT2D eigenvalue weighted by Crippen LogP contribution is 1.80. The molecule has 52 valence electrons. The van der Waals surface area contributed by atoms with Gasteiger partial charge in [-0.3, -0.25) is 9.79 Å². The number of hydrogen-bond donors (Lipinski definition) is 1. The predicted molar refractivity (Wildman–Crippen MR) is 37.7 cm³/mol. The first-order valence-corrected chi connectivity index (χ1v) is 3.03. The fourth-order valence-corrected chi connectivity index (χ4v) is 0.526. The van der Waals surface area contributed by atoms with Crippen LogP contribution in [0.4, 0.5) is 0 Å². The number of nitrogens with two attached hydrogens (primary N) is 1. The molecule has 0 aliphatic heterocycles. The summed E-state index contributed by atoms with van der Waals surface area (Å²) in [5, 5.41) is 0. The molecule has 0 amide bonds. The Morgan fingerprint density at radius 2 is 2.44 bits per heavy atom. The van der Waals surface area contributed by atoms with Gasteiger partial charge < -0.3 is 5.73 Å². The number of carbonyl (C=O) groups is 1. The standard InChI is InChI=1S/C6H12N2O/c1-2-8-6(5-9)3-4-7/h5H,2-4,7H2,1H3. The second-order valence-electron chi connectivity index (χ2n) is 1.62. The van der Waals surface area contributed by atoms with Crippen molar-refractivity contribution in [1.29, 1.82) is 0 Å². The molecule has 0 aromatic rings. The lowest BCUT2D eigenvalue weighted by molar-refractivity contribution is -0.102. The van der Waals surface area contributed by atoms with Gasteiger partial charge in [-0.05, 0) is 13.5 Å². The van der Waals surface area contributed by atoms with E-state index in [1.807, 2.05) is 6.92 Å². The third kappa shape index (κ3) is 3.85. The third-order valence-corrected chi connectivity index (χ3v) is 0.898. The van der Waals surface area contributed by atoms with Gasteiger partial charge in [0.1, 0.15) is 0 Å². The molecule has 9 heavy (non-hydrogen) atoms. The predicted octanol–water partition coefficient (Wildman–Crippen LogP) is -0.00500. The van der Waals surface area contributed by atoms with Gasteiger partial charge in [0.25, 0.3) is 0 Å². The summed E-state index contributed by atoms with van der Waals surface area (Å²) in [5.74, 6) is 0. The van der Waals surface area contributed by atoms with E-state index >= 15 is 0 Å². The summed E-state index contributed by atoms with van der Waals surface area (Å²) in [6.45, 7) is 3.05. The maximum Gasteiger partial charge on any atom is 0.163 e. The van der Waals surface area contributed by atoms with Crippen LogP contribution in [0, 0.1) is 0 Å². The Morgan fingerprint density at radius 3 is 2.78 bits per heavy atom. The Hall–Kier alpha value is -0.700. The molecule has 0 spiro atoms. The largest absolute Gasteiger partial charge is 0.330 e. The van der Waals surface area contributed by atoms with E-state index < -0.39 is 0 Å². The van der Waals surface area contributed by atoms with Crippen molar-refractivity contribution >= 4 is 12.0 Å². The second kappa shape index (κ2) is 5.44. The van der Waals surface area contributed by atoms with Crippen LogP contribution in [0.2, 0.25) is 0 Å². The molecule has 0 aromatic heterocycles. The number of carbonyl (C=O) groups excluding carboxylic acids is 1. The topological polar surface area (TPSA) is 55.5 Å². The van der Waals surface area contributed by atoms with Crippen molar-refractivity contribution in [3.8, 4) is 0 Å². The lowest BCUT2D eigenvalue weighted by Crippen LogP contribution is -2.09. The maximum absolute atomic E-state index is 10.1. The van der Waals surface area contributed by atoms with Crippen molar-refractivity contribution in [1.82, 2.24) is 0 Å². The van der Waals surface area contributed by atoms with E-state index in [1.54, 1.807) is 0 Å². The van der Waals surface area contributed by atoms with Crippen molar-refractivity contribution in [2.45, 2.75) is 13.3 Å². The van der Waals surface area contributed by atoms with E-state index in [1.165, 1.54) is 0 Å². The van der Waals surface area contributed by atoms with E-state index in [2.05, 4.69) is 4.99 Å². The van der Waals surface area contributed by atoms with Crippen molar-refractivity contribution in [3.05, 3.63) is 0 Å². The zero-order valence-electron chi connectivity index (χ0n) is 5.63. The highest BCUT2D eigenvalue weighted by atomic mass is 16.1. The average molecular weight is 128 g/mol. The lowest BCUT2D eigenvalue weighted by atomic mass is 10.3. The fourth-order valence-electron chi connectivity index (χ4n) is 0.526. The van der Waals surface area contributed by atoms with E-state index in [4.69, 9.17) is 5.73 Å². The summed E-state index contributed by atoms with van der Waals surface area (Å²) in [7, 11) is 0. The number of aldehydes is 1. The molecule has 0 unspecified atom stereocenters. The molecule has 0 fully saturated rings. The van der Waals surface area contributed by atoms with Crippen molar-refractivity contribution < 1.29 is 4.79 Å². The van der Waals surface area contributed by atoms with Crippen LogP contribution >= 0.6 is 0 Å². The van der Waals surface area contributed by atoms with Gasteiger partial charge in [-0.1, -0.05) is 0 Å². The fraction of sp³-hybridized carbons (Fsp3) is 0.667. The van der Waals surface area contributed by atoms with E-state index in [-0.39, 0.29) is 0 Å². The highest BCUT2D eigenvalue weighted by molar-refractivity contribution is 6.28. The smallest absolute Gasteiger partial charge is 0.163 e. The quantitative estimate of drug-likeness (QED) is 0.428. The number of hydrogen-bond acceptors (Lipinski definition) is 3. The number of nitrogens with zero attached hydrogens (tertiary/aromatic N) is 1. The van der Waals surface area contributed by atoms with Gasteiger partial charge in [-0.25, -0.2) is 0 Å². The molecule has 0 saturated heterocycles. The molecule has 0 rings (SSSR count). The zero-order chi connectivity index (χ0) is 7.11. The monoisotopic (exact) mass is 128 g/mol. The van der Waals surface area contributed by atoms with Gasteiger partial charge in [-0.15, -0.1) is 0 Å². The molecule has 0 aliphatic carbocycles.